The molecule has 0 saturated heterocycles. The molecule has 2 N–H and O–H groups in total. The van der Waals surface area contributed by atoms with Gasteiger partial charge in [0.05, 0.1) is 5.60 Å². The Labute approximate surface area is 152 Å². The van der Waals surface area contributed by atoms with Crippen LogP contribution in [-0.4, -0.2) is 21.6 Å². The highest BCUT2D eigenvalue weighted by atomic mass is 16.3. The normalized spacial score (nSPS) is 30.7. The van der Waals surface area contributed by atoms with Crippen molar-refractivity contribution in [3.8, 4) is 0 Å². The maximum absolute atomic E-state index is 12.6. The molecule has 0 amide bonds. The van der Waals surface area contributed by atoms with Crippen LogP contribution < -0.4 is 0 Å². The summed E-state index contributed by atoms with van der Waals surface area (Å²) in [6, 6.07) is 0. The van der Waals surface area contributed by atoms with Crippen LogP contribution in [0.5, 0.6) is 0 Å². The fraction of sp³-hybridized carbons (Fsp3) is 0.773. The van der Waals surface area contributed by atoms with Crippen molar-refractivity contribution in [2.45, 2.75) is 102 Å². The zero-order valence-electron chi connectivity index (χ0n) is 15.6. The van der Waals surface area contributed by atoms with Gasteiger partial charge in [-0.25, -0.2) is 0 Å². The number of allylic oxidation sites excluding steroid dienone is 2. The summed E-state index contributed by atoms with van der Waals surface area (Å²) in [5.41, 5.74) is 0.734. The number of fused-ring (bicyclic) bond motifs is 1. The van der Waals surface area contributed by atoms with E-state index in [0.717, 1.165) is 69.8 Å². The van der Waals surface area contributed by atoms with Crippen LogP contribution >= 0.6 is 0 Å². The van der Waals surface area contributed by atoms with Crippen LogP contribution in [0.15, 0.2) is 23.0 Å². The van der Waals surface area contributed by atoms with E-state index in [1.807, 2.05) is 6.08 Å². The minimum Gasteiger partial charge on any atom is -0.504 e. The SMILES string of the molecule is O=C1C(O)=C2CCCCC2/C1=C/C1(O)CCCCCCCCCCC1. The molecule has 0 bridgehead atoms. The first kappa shape index (κ1) is 18.7. The molecule has 3 aliphatic rings. The highest BCUT2D eigenvalue weighted by Gasteiger charge is 2.40. The van der Waals surface area contributed by atoms with Gasteiger partial charge in [0, 0.05) is 11.5 Å². The number of Topliss-reactive ketones (excluding diaryl/α,β-unsaturated/α-hetero) is 1. The third-order valence-electron chi connectivity index (χ3n) is 6.41. The number of carbonyl (C=O) groups excluding carboxylic acids is 1. The van der Waals surface area contributed by atoms with E-state index in [1.54, 1.807) is 0 Å². The van der Waals surface area contributed by atoms with Crippen molar-refractivity contribution in [3.63, 3.8) is 0 Å². The van der Waals surface area contributed by atoms with Crippen molar-refractivity contribution in [1.82, 2.24) is 0 Å². The Balaban J connectivity index is 1.76. The maximum atomic E-state index is 12.6. The number of hydrogen-bond donors (Lipinski definition) is 2. The topological polar surface area (TPSA) is 57.5 Å². The Morgan fingerprint density at radius 2 is 1.40 bits per heavy atom. The van der Waals surface area contributed by atoms with Gasteiger partial charge in [-0.2, -0.15) is 0 Å². The van der Waals surface area contributed by atoms with Crippen LogP contribution in [0.2, 0.25) is 0 Å². The molecule has 3 nitrogen and oxygen atoms in total. The number of ketones is 1. The van der Waals surface area contributed by atoms with E-state index in [9.17, 15) is 15.0 Å². The minimum atomic E-state index is -0.878. The Hall–Kier alpha value is -1.09. The summed E-state index contributed by atoms with van der Waals surface area (Å²) in [5, 5.41) is 21.5. The first-order chi connectivity index (χ1) is 12.1. The van der Waals surface area contributed by atoms with Gasteiger partial charge >= 0.3 is 0 Å². The second kappa shape index (κ2) is 8.53. The Bertz CT molecular complexity index is 531. The molecule has 1 unspecified atom stereocenters. The lowest BCUT2D eigenvalue weighted by atomic mass is 9.80. The van der Waals surface area contributed by atoms with E-state index >= 15 is 0 Å². The molecular weight excluding hydrogens is 312 g/mol. The quantitative estimate of drug-likeness (QED) is 0.613. The summed E-state index contributed by atoms with van der Waals surface area (Å²) in [6.07, 6.45) is 18.1. The van der Waals surface area contributed by atoms with Gasteiger partial charge in [0.25, 0.3) is 0 Å². The molecule has 140 valence electrons. The van der Waals surface area contributed by atoms with Gasteiger partial charge in [-0.1, -0.05) is 64.2 Å². The van der Waals surface area contributed by atoms with Crippen molar-refractivity contribution < 1.29 is 15.0 Å². The maximum Gasteiger partial charge on any atom is 0.223 e. The van der Waals surface area contributed by atoms with Crippen LogP contribution in [0.25, 0.3) is 0 Å². The fourth-order valence-corrected chi connectivity index (χ4v) is 4.90. The van der Waals surface area contributed by atoms with Crippen LogP contribution in [0.3, 0.4) is 0 Å². The molecule has 3 rings (SSSR count). The molecule has 0 aromatic heterocycles. The molecule has 3 heteroatoms. The molecule has 1 atom stereocenters. The van der Waals surface area contributed by atoms with Crippen molar-refractivity contribution in [2.75, 3.05) is 0 Å². The lowest BCUT2D eigenvalue weighted by molar-refractivity contribution is -0.114. The first-order valence-corrected chi connectivity index (χ1v) is 10.5. The molecule has 0 aliphatic heterocycles. The number of aliphatic hydroxyl groups excluding tert-OH is 1. The van der Waals surface area contributed by atoms with Crippen LogP contribution in [0, 0.1) is 5.92 Å². The number of carbonyl (C=O) groups is 1. The predicted octanol–water partition coefficient (Wildman–Crippen LogP) is 5.53. The fourth-order valence-electron chi connectivity index (χ4n) is 4.90. The molecule has 0 heterocycles. The molecule has 2 saturated carbocycles. The van der Waals surface area contributed by atoms with Gasteiger partial charge in [-0.15, -0.1) is 0 Å². The van der Waals surface area contributed by atoms with Gasteiger partial charge in [-0.3, -0.25) is 4.79 Å². The van der Waals surface area contributed by atoms with Crippen LogP contribution in [0.1, 0.15) is 96.3 Å². The van der Waals surface area contributed by atoms with Gasteiger partial charge in [-0.05, 0) is 43.8 Å². The Morgan fingerprint density at radius 1 is 0.840 bits per heavy atom. The van der Waals surface area contributed by atoms with Gasteiger partial charge < -0.3 is 10.2 Å². The smallest absolute Gasteiger partial charge is 0.223 e. The van der Waals surface area contributed by atoms with Gasteiger partial charge in [0.15, 0.2) is 5.76 Å². The van der Waals surface area contributed by atoms with Crippen molar-refractivity contribution >= 4 is 5.78 Å². The van der Waals surface area contributed by atoms with E-state index in [-0.39, 0.29) is 17.5 Å². The molecule has 0 radical (unpaired) electrons. The summed E-state index contributed by atoms with van der Waals surface area (Å²) in [6.45, 7) is 0. The summed E-state index contributed by atoms with van der Waals surface area (Å²) in [5.74, 6) is -0.180. The molecule has 0 aromatic carbocycles. The number of aliphatic hydroxyl groups is 2. The predicted molar refractivity (Wildman–Crippen MR) is 100 cm³/mol. The first-order valence-electron chi connectivity index (χ1n) is 10.5. The highest BCUT2D eigenvalue weighted by Crippen LogP contribution is 2.44. The molecule has 0 spiro atoms. The van der Waals surface area contributed by atoms with Crippen molar-refractivity contribution in [3.05, 3.63) is 23.0 Å². The lowest BCUT2D eigenvalue weighted by Crippen LogP contribution is -2.28. The van der Waals surface area contributed by atoms with Crippen LogP contribution in [0.4, 0.5) is 0 Å². The number of rotatable bonds is 1. The molecule has 3 aliphatic carbocycles. The summed E-state index contributed by atoms with van der Waals surface area (Å²) >= 11 is 0. The Morgan fingerprint density at radius 3 is 2.00 bits per heavy atom. The second-order valence-corrected chi connectivity index (χ2v) is 8.39. The van der Waals surface area contributed by atoms with E-state index in [0.29, 0.717) is 5.57 Å². The van der Waals surface area contributed by atoms with Gasteiger partial charge in [0.1, 0.15) is 0 Å². The average molecular weight is 347 g/mol. The minimum absolute atomic E-state index is 0.0206. The zero-order chi connectivity index (χ0) is 17.7. The summed E-state index contributed by atoms with van der Waals surface area (Å²) in [4.78, 5) is 12.6. The third-order valence-corrected chi connectivity index (χ3v) is 6.41. The zero-order valence-corrected chi connectivity index (χ0v) is 15.6. The molecule has 0 aromatic rings. The standard InChI is InChI=1S/C22H34O3/c23-20-18-13-9-8-12-17(18)19(21(20)24)16-22(25)14-10-6-4-2-1-3-5-7-11-15-22/h16-17,23,25H,1-15H2/b19-16-. The van der Waals surface area contributed by atoms with E-state index < -0.39 is 5.60 Å². The highest BCUT2D eigenvalue weighted by molar-refractivity contribution is 6.11. The third kappa shape index (κ3) is 4.55. The van der Waals surface area contributed by atoms with Crippen LogP contribution in [-0.2, 0) is 4.79 Å². The summed E-state index contributed by atoms with van der Waals surface area (Å²) in [7, 11) is 0. The van der Waals surface area contributed by atoms with E-state index in [2.05, 4.69) is 0 Å². The number of hydrogen-bond acceptors (Lipinski definition) is 3. The lowest BCUT2D eigenvalue weighted by Gasteiger charge is -2.28. The largest absolute Gasteiger partial charge is 0.504 e. The van der Waals surface area contributed by atoms with Crippen molar-refractivity contribution in [2.24, 2.45) is 5.92 Å². The van der Waals surface area contributed by atoms with Crippen molar-refractivity contribution in [1.29, 1.82) is 0 Å². The second-order valence-electron chi connectivity index (χ2n) is 8.39. The molecular formula is C22H34O3. The molecule has 2 fully saturated rings. The monoisotopic (exact) mass is 346 g/mol. The Kier molecular flexibility index (Phi) is 6.38. The van der Waals surface area contributed by atoms with E-state index in [1.165, 1.54) is 32.1 Å². The molecule has 25 heavy (non-hydrogen) atoms. The average Bonchev–Trinajstić information content (AvgIpc) is 2.84. The summed E-state index contributed by atoms with van der Waals surface area (Å²) < 4.78 is 0. The van der Waals surface area contributed by atoms with E-state index in [4.69, 9.17) is 0 Å². The van der Waals surface area contributed by atoms with Gasteiger partial charge in [0.2, 0.25) is 5.78 Å².